The Morgan fingerprint density at radius 2 is 1.88 bits per heavy atom. The van der Waals surface area contributed by atoms with Crippen molar-refractivity contribution in [3.63, 3.8) is 0 Å². The minimum absolute atomic E-state index is 0.0159. The molecule has 1 aromatic carbocycles. The summed E-state index contributed by atoms with van der Waals surface area (Å²) in [5.74, 6) is -0.265. The molecule has 1 N–H and O–H groups in total. The highest BCUT2D eigenvalue weighted by Gasteiger charge is 2.03. The number of hydrogen-bond acceptors (Lipinski definition) is 4. The quantitative estimate of drug-likeness (QED) is 0.549. The molecular formula is C12H16O4. The van der Waals surface area contributed by atoms with Crippen LogP contribution in [0.15, 0.2) is 30.3 Å². The van der Waals surface area contributed by atoms with Gasteiger partial charge in [-0.25, -0.2) is 0 Å². The Kier molecular flexibility index (Phi) is 6.22. The number of hydrogen-bond donors (Lipinski definition) is 1. The van der Waals surface area contributed by atoms with Crippen LogP contribution in [0.2, 0.25) is 0 Å². The number of carbonyl (C=O) groups is 1. The first kappa shape index (κ1) is 12.7. The zero-order chi connectivity index (χ0) is 11.6. The van der Waals surface area contributed by atoms with Gasteiger partial charge in [0, 0.05) is 0 Å². The topological polar surface area (TPSA) is 55.8 Å². The molecule has 1 aromatic rings. The molecule has 88 valence electrons. The number of esters is 1. The first-order valence-electron chi connectivity index (χ1n) is 5.21. The van der Waals surface area contributed by atoms with E-state index in [0.717, 1.165) is 5.56 Å². The van der Waals surface area contributed by atoms with Gasteiger partial charge in [-0.2, -0.15) is 0 Å². The molecule has 16 heavy (non-hydrogen) atoms. The summed E-state index contributed by atoms with van der Waals surface area (Å²) >= 11 is 0. The summed E-state index contributed by atoms with van der Waals surface area (Å²) in [4.78, 5) is 11.3. The van der Waals surface area contributed by atoms with E-state index in [-0.39, 0.29) is 32.2 Å². The normalized spacial score (nSPS) is 10.1. The van der Waals surface area contributed by atoms with Crippen LogP contribution in [0.4, 0.5) is 0 Å². The molecule has 0 radical (unpaired) electrons. The first-order valence-corrected chi connectivity index (χ1v) is 5.21. The molecule has 4 heteroatoms. The van der Waals surface area contributed by atoms with Crippen LogP contribution in [-0.4, -0.2) is 37.5 Å². The smallest absolute Gasteiger partial charge is 0.310 e. The lowest BCUT2D eigenvalue weighted by Crippen LogP contribution is -2.13. The number of aliphatic hydroxyl groups excluding tert-OH is 1. The Morgan fingerprint density at radius 1 is 1.12 bits per heavy atom. The molecule has 0 atom stereocenters. The molecule has 0 heterocycles. The number of aliphatic hydroxyl groups is 1. The van der Waals surface area contributed by atoms with E-state index in [1.54, 1.807) is 0 Å². The SMILES string of the molecule is O=C(Cc1ccccc1)OCCOCCO. The van der Waals surface area contributed by atoms with E-state index < -0.39 is 0 Å². The summed E-state index contributed by atoms with van der Waals surface area (Å²) in [7, 11) is 0. The van der Waals surface area contributed by atoms with Gasteiger partial charge in [-0.05, 0) is 5.56 Å². The molecule has 0 aliphatic rings. The second kappa shape index (κ2) is 7.84. The van der Waals surface area contributed by atoms with E-state index >= 15 is 0 Å². The molecule has 0 aliphatic heterocycles. The summed E-state index contributed by atoms with van der Waals surface area (Å²) in [6.45, 7) is 0.807. The van der Waals surface area contributed by atoms with Crippen molar-refractivity contribution in [2.75, 3.05) is 26.4 Å². The molecule has 0 aliphatic carbocycles. The maximum atomic E-state index is 11.3. The van der Waals surface area contributed by atoms with Gasteiger partial charge in [0.25, 0.3) is 0 Å². The second-order valence-corrected chi connectivity index (χ2v) is 3.22. The van der Waals surface area contributed by atoms with Gasteiger partial charge in [0.15, 0.2) is 0 Å². The summed E-state index contributed by atoms with van der Waals surface area (Å²) < 4.78 is 9.90. The van der Waals surface area contributed by atoms with Crippen LogP contribution in [0, 0.1) is 0 Å². The number of carbonyl (C=O) groups excluding carboxylic acids is 1. The zero-order valence-corrected chi connectivity index (χ0v) is 9.09. The number of rotatable bonds is 7. The van der Waals surface area contributed by atoms with Crippen molar-refractivity contribution in [3.05, 3.63) is 35.9 Å². The fraction of sp³-hybridized carbons (Fsp3) is 0.417. The summed E-state index contributed by atoms with van der Waals surface area (Å²) in [5, 5.41) is 8.44. The van der Waals surface area contributed by atoms with Gasteiger partial charge in [-0.15, -0.1) is 0 Å². The van der Waals surface area contributed by atoms with E-state index in [9.17, 15) is 4.79 Å². The van der Waals surface area contributed by atoms with E-state index in [0.29, 0.717) is 6.61 Å². The van der Waals surface area contributed by atoms with Gasteiger partial charge in [-0.1, -0.05) is 30.3 Å². The Bertz CT molecular complexity index is 297. The third kappa shape index (κ3) is 5.48. The van der Waals surface area contributed by atoms with Crippen LogP contribution in [-0.2, 0) is 20.7 Å². The predicted molar refractivity (Wildman–Crippen MR) is 59.0 cm³/mol. The fourth-order valence-electron chi connectivity index (χ4n) is 1.19. The van der Waals surface area contributed by atoms with Gasteiger partial charge in [0.2, 0.25) is 0 Å². The standard InChI is InChI=1S/C12H16O4/c13-6-7-15-8-9-16-12(14)10-11-4-2-1-3-5-11/h1-5,13H,6-10H2. The Morgan fingerprint density at radius 3 is 2.56 bits per heavy atom. The molecule has 0 amide bonds. The molecule has 0 aromatic heterocycles. The average Bonchev–Trinajstić information content (AvgIpc) is 2.30. The Hall–Kier alpha value is -1.39. The van der Waals surface area contributed by atoms with Crippen molar-refractivity contribution in [2.45, 2.75) is 6.42 Å². The predicted octanol–water partition coefficient (Wildman–Crippen LogP) is 0.781. The van der Waals surface area contributed by atoms with E-state index in [1.165, 1.54) is 0 Å². The van der Waals surface area contributed by atoms with Gasteiger partial charge < -0.3 is 14.6 Å². The van der Waals surface area contributed by atoms with Gasteiger partial charge in [0.05, 0.1) is 26.2 Å². The summed E-state index contributed by atoms with van der Waals surface area (Å²) in [6.07, 6.45) is 0.279. The second-order valence-electron chi connectivity index (χ2n) is 3.22. The summed E-state index contributed by atoms with van der Waals surface area (Å²) in [6, 6.07) is 9.42. The van der Waals surface area contributed by atoms with Crippen LogP contribution in [0.5, 0.6) is 0 Å². The minimum atomic E-state index is -0.265. The van der Waals surface area contributed by atoms with Crippen LogP contribution in [0.3, 0.4) is 0 Å². The van der Waals surface area contributed by atoms with Crippen molar-refractivity contribution in [2.24, 2.45) is 0 Å². The first-order chi connectivity index (χ1) is 7.83. The average molecular weight is 224 g/mol. The number of ether oxygens (including phenoxy) is 2. The highest BCUT2D eigenvalue weighted by molar-refractivity contribution is 5.72. The monoisotopic (exact) mass is 224 g/mol. The van der Waals surface area contributed by atoms with Crippen molar-refractivity contribution in [1.82, 2.24) is 0 Å². The molecule has 0 spiro atoms. The van der Waals surface area contributed by atoms with Crippen molar-refractivity contribution in [3.8, 4) is 0 Å². The lowest BCUT2D eigenvalue weighted by atomic mass is 10.2. The zero-order valence-electron chi connectivity index (χ0n) is 9.09. The maximum Gasteiger partial charge on any atom is 0.310 e. The Labute approximate surface area is 94.8 Å². The largest absolute Gasteiger partial charge is 0.463 e. The van der Waals surface area contributed by atoms with Crippen LogP contribution >= 0.6 is 0 Å². The molecule has 4 nitrogen and oxygen atoms in total. The molecule has 0 unspecified atom stereocenters. The van der Waals surface area contributed by atoms with Crippen molar-refractivity contribution >= 4 is 5.97 Å². The minimum Gasteiger partial charge on any atom is -0.463 e. The fourth-order valence-corrected chi connectivity index (χ4v) is 1.19. The van der Waals surface area contributed by atoms with E-state index in [2.05, 4.69) is 0 Å². The van der Waals surface area contributed by atoms with E-state index in [1.807, 2.05) is 30.3 Å². The summed E-state index contributed by atoms with van der Waals surface area (Å²) in [5.41, 5.74) is 0.934. The lowest BCUT2D eigenvalue weighted by Gasteiger charge is -2.05. The molecule has 0 saturated carbocycles. The maximum absolute atomic E-state index is 11.3. The van der Waals surface area contributed by atoms with Gasteiger partial charge >= 0.3 is 5.97 Å². The highest BCUT2D eigenvalue weighted by Crippen LogP contribution is 2.00. The van der Waals surface area contributed by atoms with E-state index in [4.69, 9.17) is 14.6 Å². The van der Waals surface area contributed by atoms with Crippen LogP contribution in [0.1, 0.15) is 5.56 Å². The van der Waals surface area contributed by atoms with Crippen LogP contribution in [0.25, 0.3) is 0 Å². The third-order valence-corrected chi connectivity index (χ3v) is 1.92. The Balaban J connectivity index is 2.12. The van der Waals surface area contributed by atoms with Crippen molar-refractivity contribution in [1.29, 1.82) is 0 Å². The third-order valence-electron chi connectivity index (χ3n) is 1.92. The van der Waals surface area contributed by atoms with Gasteiger partial charge in [0.1, 0.15) is 6.61 Å². The van der Waals surface area contributed by atoms with Crippen molar-refractivity contribution < 1.29 is 19.4 Å². The molecule has 0 saturated heterocycles. The molecular weight excluding hydrogens is 208 g/mol. The number of benzene rings is 1. The molecule has 0 bridgehead atoms. The van der Waals surface area contributed by atoms with Gasteiger partial charge in [-0.3, -0.25) is 4.79 Å². The van der Waals surface area contributed by atoms with Crippen LogP contribution < -0.4 is 0 Å². The molecule has 0 fully saturated rings. The lowest BCUT2D eigenvalue weighted by molar-refractivity contribution is -0.144. The highest BCUT2D eigenvalue weighted by atomic mass is 16.6. The molecule has 1 rings (SSSR count).